The third-order valence-corrected chi connectivity index (χ3v) is 4.87. The molecule has 134 valence electrons. The second-order valence-corrected chi connectivity index (χ2v) is 6.67. The quantitative estimate of drug-likeness (QED) is 0.798. The van der Waals surface area contributed by atoms with E-state index >= 15 is 0 Å². The number of benzene rings is 2. The van der Waals surface area contributed by atoms with Gasteiger partial charge in [-0.25, -0.2) is 0 Å². The molecule has 1 atom stereocenters. The minimum absolute atomic E-state index is 0.0321. The lowest BCUT2D eigenvalue weighted by Crippen LogP contribution is -2.48. The topological polar surface area (TPSA) is 42.0 Å². The van der Waals surface area contributed by atoms with E-state index in [0.29, 0.717) is 0 Å². The Kier molecular flexibility index (Phi) is 4.63. The van der Waals surface area contributed by atoms with Gasteiger partial charge in [0.05, 0.1) is 6.04 Å². The Morgan fingerprint density at radius 3 is 2.73 bits per heavy atom. The lowest BCUT2D eigenvalue weighted by atomic mass is 10.0. The molecule has 5 nitrogen and oxygen atoms in total. The van der Waals surface area contributed by atoms with E-state index in [-0.39, 0.29) is 18.7 Å². The van der Waals surface area contributed by atoms with E-state index in [2.05, 4.69) is 24.1 Å². The molecule has 0 saturated carbocycles. The predicted molar refractivity (Wildman–Crippen MR) is 100.0 cm³/mol. The Bertz CT molecular complexity index is 819. The first-order valence-electron chi connectivity index (χ1n) is 8.82. The second kappa shape index (κ2) is 7.22. The van der Waals surface area contributed by atoms with Crippen LogP contribution in [0.1, 0.15) is 17.2 Å². The van der Waals surface area contributed by atoms with E-state index in [1.165, 1.54) is 5.56 Å². The highest BCUT2D eigenvalue weighted by atomic mass is 16.7. The summed E-state index contributed by atoms with van der Waals surface area (Å²) in [6.07, 6.45) is 3.49. The van der Waals surface area contributed by atoms with Crippen molar-refractivity contribution in [3.63, 3.8) is 0 Å². The number of hydrogen-bond donors (Lipinski definition) is 0. The molecule has 0 N–H and O–H groups in total. The largest absolute Gasteiger partial charge is 0.454 e. The molecule has 1 fully saturated rings. The smallest absolute Gasteiger partial charge is 0.247 e. The number of rotatable bonds is 3. The van der Waals surface area contributed by atoms with Crippen molar-refractivity contribution in [1.82, 2.24) is 9.80 Å². The maximum Gasteiger partial charge on any atom is 0.247 e. The highest BCUT2D eigenvalue weighted by molar-refractivity contribution is 5.92. The molecule has 0 aromatic heterocycles. The molecule has 0 radical (unpaired) electrons. The fraction of sp³-hybridized carbons (Fsp3) is 0.286. The van der Waals surface area contributed by atoms with Gasteiger partial charge in [0, 0.05) is 25.7 Å². The van der Waals surface area contributed by atoms with E-state index in [0.717, 1.165) is 36.7 Å². The van der Waals surface area contributed by atoms with Crippen LogP contribution in [-0.4, -0.2) is 49.2 Å². The number of carbonyl (C=O) groups excluding carboxylic acids is 1. The third kappa shape index (κ3) is 3.44. The van der Waals surface area contributed by atoms with Gasteiger partial charge in [0.25, 0.3) is 0 Å². The van der Waals surface area contributed by atoms with Crippen molar-refractivity contribution in [3.05, 3.63) is 65.7 Å². The van der Waals surface area contributed by atoms with Crippen molar-refractivity contribution in [2.24, 2.45) is 0 Å². The SMILES string of the molecule is CN1CCN(C(=O)/C=C/c2ccc3c(c2)OCO3)C(c2ccccc2)C1. The molecule has 2 heterocycles. The first kappa shape index (κ1) is 16.7. The van der Waals surface area contributed by atoms with E-state index in [1.807, 2.05) is 47.4 Å². The van der Waals surface area contributed by atoms with Crippen LogP contribution in [0.4, 0.5) is 0 Å². The molecule has 0 bridgehead atoms. The van der Waals surface area contributed by atoms with Gasteiger partial charge in [-0.2, -0.15) is 0 Å². The average Bonchev–Trinajstić information content (AvgIpc) is 3.14. The van der Waals surface area contributed by atoms with Crippen molar-refractivity contribution in [3.8, 4) is 11.5 Å². The molecule has 26 heavy (non-hydrogen) atoms. The number of nitrogens with zero attached hydrogens (tertiary/aromatic N) is 2. The fourth-order valence-corrected chi connectivity index (χ4v) is 3.42. The summed E-state index contributed by atoms with van der Waals surface area (Å²) in [5, 5.41) is 0. The first-order chi connectivity index (χ1) is 12.7. The molecule has 1 saturated heterocycles. The third-order valence-electron chi connectivity index (χ3n) is 4.87. The summed E-state index contributed by atoms with van der Waals surface area (Å²) in [7, 11) is 2.10. The van der Waals surface area contributed by atoms with Gasteiger partial charge < -0.3 is 19.3 Å². The van der Waals surface area contributed by atoms with Gasteiger partial charge in [-0.15, -0.1) is 0 Å². The Labute approximate surface area is 153 Å². The Hall–Kier alpha value is -2.79. The van der Waals surface area contributed by atoms with Crippen molar-refractivity contribution in [2.75, 3.05) is 33.5 Å². The molecule has 0 aliphatic carbocycles. The highest BCUT2D eigenvalue weighted by Crippen LogP contribution is 2.33. The summed E-state index contributed by atoms with van der Waals surface area (Å²) >= 11 is 0. The van der Waals surface area contributed by atoms with Crippen LogP contribution in [0.3, 0.4) is 0 Å². The number of fused-ring (bicyclic) bond motifs is 1. The normalized spacial score (nSPS) is 19.9. The van der Waals surface area contributed by atoms with Crippen molar-refractivity contribution < 1.29 is 14.3 Å². The molecule has 4 rings (SSSR count). The number of ether oxygens (including phenoxy) is 2. The first-order valence-corrected chi connectivity index (χ1v) is 8.82. The number of likely N-dealkylation sites (N-methyl/N-ethyl adjacent to an activating group) is 1. The van der Waals surface area contributed by atoms with Gasteiger partial charge in [0.15, 0.2) is 11.5 Å². The van der Waals surface area contributed by atoms with Crippen molar-refractivity contribution >= 4 is 12.0 Å². The van der Waals surface area contributed by atoms with Gasteiger partial charge in [-0.05, 0) is 36.4 Å². The van der Waals surface area contributed by atoms with Crippen LogP contribution < -0.4 is 9.47 Å². The molecular formula is C21H22N2O3. The summed E-state index contributed by atoms with van der Waals surface area (Å²) in [6, 6.07) is 16.0. The minimum Gasteiger partial charge on any atom is -0.454 e. The van der Waals surface area contributed by atoms with Crippen LogP contribution in [-0.2, 0) is 4.79 Å². The number of piperazine rings is 1. The van der Waals surface area contributed by atoms with Crippen LogP contribution in [0, 0.1) is 0 Å². The molecule has 1 amide bonds. The van der Waals surface area contributed by atoms with E-state index in [9.17, 15) is 4.79 Å². The summed E-state index contributed by atoms with van der Waals surface area (Å²) < 4.78 is 10.7. The Balaban J connectivity index is 1.52. The minimum atomic E-state index is 0.0321. The number of hydrogen-bond acceptors (Lipinski definition) is 4. The molecule has 1 unspecified atom stereocenters. The monoisotopic (exact) mass is 350 g/mol. The molecule has 2 aliphatic heterocycles. The van der Waals surface area contributed by atoms with Crippen LogP contribution in [0.15, 0.2) is 54.6 Å². The molecule has 5 heteroatoms. The molecule has 2 aromatic rings. The van der Waals surface area contributed by atoms with Gasteiger partial charge in [-0.1, -0.05) is 36.4 Å². The predicted octanol–water partition coefficient (Wildman–Crippen LogP) is 2.94. The zero-order valence-electron chi connectivity index (χ0n) is 14.8. The maximum atomic E-state index is 12.9. The van der Waals surface area contributed by atoms with Gasteiger partial charge in [0.2, 0.25) is 12.7 Å². The molecule has 0 spiro atoms. The van der Waals surface area contributed by atoms with E-state index < -0.39 is 0 Å². The summed E-state index contributed by atoms with van der Waals surface area (Å²) in [5.74, 6) is 1.50. The van der Waals surface area contributed by atoms with Gasteiger partial charge in [-0.3, -0.25) is 4.79 Å². The second-order valence-electron chi connectivity index (χ2n) is 6.67. The Morgan fingerprint density at radius 2 is 1.88 bits per heavy atom. The molecule has 2 aromatic carbocycles. The maximum absolute atomic E-state index is 12.9. The average molecular weight is 350 g/mol. The fourth-order valence-electron chi connectivity index (χ4n) is 3.42. The summed E-state index contributed by atoms with van der Waals surface area (Å²) in [5.41, 5.74) is 2.09. The molecule has 2 aliphatic rings. The molecular weight excluding hydrogens is 328 g/mol. The van der Waals surface area contributed by atoms with Crippen LogP contribution in [0.2, 0.25) is 0 Å². The zero-order chi connectivity index (χ0) is 17.9. The Morgan fingerprint density at radius 1 is 1.08 bits per heavy atom. The summed E-state index contributed by atoms with van der Waals surface area (Å²) in [6.45, 7) is 2.70. The number of carbonyl (C=O) groups is 1. The van der Waals surface area contributed by atoms with Gasteiger partial charge >= 0.3 is 0 Å². The van der Waals surface area contributed by atoms with Crippen molar-refractivity contribution in [2.45, 2.75) is 6.04 Å². The lowest BCUT2D eigenvalue weighted by Gasteiger charge is -2.39. The van der Waals surface area contributed by atoms with Crippen LogP contribution >= 0.6 is 0 Å². The van der Waals surface area contributed by atoms with Crippen LogP contribution in [0.5, 0.6) is 11.5 Å². The summed E-state index contributed by atoms with van der Waals surface area (Å²) in [4.78, 5) is 17.1. The standard InChI is InChI=1S/C21H22N2O3/c1-22-11-12-23(18(14-22)17-5-3-2-4-6-17)21(24)10-8-16-7-9-19-20(13-16)26-15-25-19/h2-10,13,18H,11-12,14-15H2,1H3/b10-8+. The van der Waals surface area contributed by atoms with E-state index in [1.54, 1.807) is 6.08 Å². The number of amides is 1. The zero-order valence-corrected chi connectivity index (χ0v) is 14.8. The highest BCUT2D eigenvalue weighted by Gasteiger charge is 2.29. The van der Waals surface area contributed by atoms with E-state index in [4.69, 9.17) is 9.47 Å². The van der Waals surface area contributed by atoms with Crippen LogP contribution in [0.25, 0.3) is 6.08 Å². The van der Waals surface area contributed by atoms with Gasteiger partial charge in [0.1, 0.15) is 0 Å². The lowest BCUT2D eigenvalue weighted by molar-refractivity contribution is -0.130. The van der Waals surface area contributed by atoms with Crippen molar-refractivity contribution in [1.29, 1.82) is 0 Å².